The summed E-state index contributed by atoms with van der Waals surface area (Å²) in [6.45, 7) is 4.74. The molecule has 0 aromatic carbocycles. The van der Waals surface area contributed by atoms with Gasteiger partial charge in [-0.05, 0) is 37.6 Å². The predicted molar refractivity (Wildman–Crippen MR) is 56.7 cm³/mol. The van der Waals surface area contributed by atoms with E-state index in [1.807, 2.05) is 0 Å². The van der Waals surface area contributed by atoms with Crippen molar-refractivity contribution in [2.45, 2.75) is 25.7 Å². The lowest BCUT2D eigenvalue weighted by atomic mass is 9.88. The van der Waals surface area contributed by atoms with Crippen LogP contribution >= 0.6 is 0 Å². The van der Waals surface area contributed by atoms with Crippen molar-refractivity contribution in [3.8, 4) is 0 Å². The number of rotatable bonds is 3. The average Bonchev–Trinajstić information content (AvgIpc) is 2.69. The Kier molecular flexibility index (Phi) is 2.15. The first-order chi connectivity index (χ1) is 7.26. The SMILES string of the molecule is O=CC1(CN2CCC3(CC3)C2)CCOC1. The summed E-state index contributed by atoms with van der Waals surface area (Å²) in [7, 11) is 0. The largest absolute Gasteiger partial charge is 0.380 e. The quantitative estimate of drug-likeness (QED) is 0.651. The molecule has 2 heterocycles. The van der Waals surface area contributed by atoms with E-state index in [0.29, 0.717) is 12.0 Å². The zero-order valence-electron chi connectivity index (χ0n) is 9.21. The molecular weight excluding hydrogens is 190 g/mol. The molecule has 3 rings (SSSR count). The summed E-state index contributed by atoms with van der Waals surface area (Å²) in [5.74, 6) is 0. The van der Waals surface area contributed by atoms with Crippen LogP contribution < -0.4 is 0 Å². The molecule has 1 spiro atoms. The van der Waals surface area contributed by atoms with Crippen molar-refractivity contribution in [2.75, 3.05) is 32.8 Å². The molecule has 0 aromatic rings. The third-order valence-corrected chi connectivity index (χ3v) is 4.40. The molecule has 2 saturated heterocycles. The Morgan fingerprint density at radius 3 is 2.67 bits per heavy atom. The van der Waals surface area contributed by atoms with E-state index >= 15 is 0 Å². The van der Waals surface area contributed by atoms with Crippen LogP contribution in [0.2, 0.25) is 0 Å². The molecule has 1 atom stereocenters. The van der Waals surface area contributed by atoms with Crippen LogP contribution in [0, 0.1) is 10.8 Å². The second kappa shape index (κ2) is 3.29. The highest BCUT2D eigenvalue weighted by atomic mass is 16.5. The first-order valence-electron chi connectivity index (χ1n) is 6.03. The zero-order valence-corrected chi connectivity index (χ0v) is 9.21. The van der Waals surface area contributed by atoms with Crippen molar-refractivity contribution in [1.82, 2.24) is 4.90 Å². The smallest absolute Gasteiger partial charge is 0.129 e. The van der Waals surface area contributed by atoms with Gasteiger partial charge in [0.2, 0.25) is 0 Å². The number of hydrogen-bond acceptors (Lipinski definition) is 3. The van der Waals surface area contributed by atoms with E-state index in [1.165, 1.54) is 32.4 Å². The Morgan fingerprint density at radius 2 is 2.13 bits per heavy atom. The van der Waals surface area contributed by atoms with E-state index in [0.717, 1.165) is 25.9 Å². The van der Waals surface area contributed by atoms with Crippen LogP contribution in [0.4, 0.5) is 0 Å². The Morgan fingerprint density at radius 1 is 1.27 bits per heavy atom. The molecule has 3 heteroatoms. The minimum Gasteiger partial charge on any atom is -0.380 e. The Labute approximate surface area is 90.8 Å². The first-order valence-corrected chi connectivity index (χ1v) is 6.03. The molecule has 0 aromatic heterocycles. The number of ether oxygens (including phenoxy) is 1. The average molecular weight is 209 g/mol. The van der Waals surface area contributed by atoms with Gasteiger partial charge in [-0.2, -0.15) is 0 Å². The number of carbonyl (C=O) groups excluding carboxylic acids is 1. The van der Waals surface area contributed by atoms with E-state index < -0.39 is 0 Å². The maximum Gasteiger partial charge on any atom is 0.129 e. The molecule has 0 amide bonds. The van der Waals surface area contributed by atoms with Crippen LogP contribution in [-0.4, -0.2) is 44.0 Å². The van der Waals surface area contributed by atoms with Gasteiger partial charge in [-0.3, -0.25) is 0 Å². The maximum absolute atomic E-state index is 11.2. The van der Waals surface area contributed by atoms with Crippen molar-refractivity contribution in [1.29, 1.82) is 0 Å². The monoisotopic (exact) mass is 209 g/mol. The highest BCUT2D eigenvalue weighted by Crippen LogP contribution is 2.53. The number of carbonyl (C=O) groups is 1. The molecule has 3 aliphatic rings. The van der Waals surface area contributed by atoms with E-state index in [4.69, 9.17) is 4.74 Å². The minimum absolute atomic E-state index is 0.180. The summed E-state index contributed by atoms with van der Waals surface area (Å²) in [6.07, 6.45) is 6.23. The van der Waals surface area contributed by atoms with Gasteiger partial charge in [0.1, 0.15) is 6.29 Å². The second-order valence-corrected chi connectivity index (χ2v) is 5.74. The minimum atomic E-state index is -0.180. The maximum atomic E-state index is 11.2. The number of aldehydes is 1. The molecule has 0 N–H and O–H groups in total. The van der Waals surface area contributed by atoms with Crippen LogP contribution in [0.3, 0.4) is 0 Å². The summed E-state index contributed by atoms with van der Waals surface area (Å²) < 4.78 is 5.37. The van der Waals surface area contributed by atoms with Crippen molar-refractivity contribution in [3.05, 3.63) is 0 Å². The Hall–Kier alpha value is -0.410. The molecule has 1 unspecified atom stereocenters. The van der Waals surface area contributed by atoms with Gasteiger partial charge in [-0.25, -0.2) is 0 Å². The first kappa shape index (κ1) is 9.79. The molecule has 1 aliphatic carbocycles. The van der Waals surface area contributed by atoms with Crippen LogP contribution in [0.25, 0.3) is 0 Å². The van der Waals surface area contributed by atoms with E-state index in [2.05, 4.69) is 4.90 Å². The van der Waals surface area contributed by atoms with Gasteiger partial charge in [0, 0.05) is 19.7 Å². The van der Waals surface area contributed by atoms with Crippen molar-refractivity contribution in [3.63, 3.8) is 0 Å². The van der Waals surface area contributed by atoms with Gasteiger partial charge < -0.3 is 14.4 Å². The van der Waals surface area contributed by atoms with Gasteiger partial charge in [0.05, 0.1) is 12.0 Å². The molecule has 3 fully saturated rings. The number of hydrogen-bond donors (Lipinski definition) is 0. The molecule has 84 valence electrons. The van der Waals surface area contributed by atoms with E-state index in [-0.39, 0.29) is 5.41 Å². The second-order valence-electron chi connectivity index (χ2n) is 5.74. The fourth-order valence-electron chi connectivity index (χ4n) is 3.07. The van der Waals surface area contributed by atoms with Gasteiger partial charge in [-0.1, -0.05) is 0 Å². The predicted octanol–water partition coefficient (Wildman–Crippen LogP) is 1.08. The molecule has 1 saturated carbocycles. The number of nitrogens with zero attached hydrogens (tertiary/aromatic N) is 1. The van der Waals surface area contributed by atoms with Crippen LogP contribution in [0.15, 0.2) is 0 Å². The van der Waals surface area contributed by atoms with E-state index in [9.17, 15) is 4.79 Å². The summed E-state index contributed by atoms with van der Waals surface area (Å²) >= 11 is 0. The highest BCUT2D eigenvalue weighted by molar-refractivity contribution is 5.60. The fraction of sp³-hybridized carbons (Fsp3) is 0.917. The Bertz CT molecular complexity index is 267. The third kappa shape index (κ3) is 1.72. The molecular formula is C12H19NO2. The highest BCUT2D eigenvalue weighted by Gasteiger charge is 2.49. The van der Waals surface area contributed by atoms with Crippen LogP contribution in [0.5, 0.6) is 0 Å². The van der Waals surface area contributed by atoms with Gasteiger partial charge in [0.15, 0.2) is 0 Å². The van der Waals surface area contributed by atoms with Crippen molar-refractivity contribution >= 4 is 6.29 Å². The molecule has 3 nitrogen and oxygen atoms in total. The van der Waals surface area contributed by atoms with Gasteiger partial charge in [-0.15, -0.1) is 0 Å². The normalized spacial score (nSPS) is 38.7. The van der Waals surface area contributed by atoms with Crippen LogP contribution in [-0.2, 0) is 9.53 Å². The summed E-state index contributed by atoms with van der Waals surface area (Å²) in [5.41, 5.74) is 0.490. The lowest BCUT2D eigenvalue weighted by Gasteiger charge is -2.26. The fourth-order valence-corrected chi connectivity index (χ4v) is 3.07. The van der Waals surface area contributed by atoms with Crippen LogP contribution in [0.1, 0.15) is 25.7 Å². The van der Waals surface area contributed by atoms with Crippen molar-refractivity contribution < 1.29 is 9.53 Å². The zero-order chi connectivity index (χ0) is 10.4. The summed E-state index contributed by atoms with van der Waals surface area (Å²) in [4.78, 5) is 13.7. The molecule has 15 heavy (non-hydrogen) atoms. The lowest BCUT2D eigenvalue weighted by Crippen LogP contribution is -2.38. The Balaban J connectivity index is 1.62. The van der Waals surface area contributed by atoms with Crippen molar-refractivity contribution in [2.24, 2.45) is 10.8 Å². The number of likely N-dealkylation sites (tertiary alicyclic amines) is 1. The molecule has 0 radical (unpaired) electrons. The lowest BCUT2D eigenvalue weighted by molar-refractivity contribution is -0.117. The third-order valence-electron chi connectivity index (χ3n) is 4.40. The topological polar surface area (TPSA) is 29.5 Å². The standard InChI is InChI=1S/C12H19NO2/c14-9-12(4-6-15-10-12)8-13-5-3-11(7-13)1-2-11/h9H,1-8,10H2. The summed E-state index contributed by atoms with van der Waals surface area (Å²) in [5, 5.41) is 0. The van der Waals surface area contributed by atoms with E-state index in [1.54, 1.807) is 0 Å². The van der Waals surface area contributed by atoms with Gasteiger partial charge in [0.25, 0.3) is 0 Å². The molecule has 2 aliphatic heterocycles. The molecule has 0 bridgehead atoms. The summed E-state index contributed by atoms with van der Waals surface area (Å²) in [6, 6.07) is 0. The van der Waals surface area contributed by atoms with Gasteiger partial charge >= 0.3 is 0 Å².